The maximum absolute atomic E-state index is 12.2. The Labute approximate surface area is 154 Å². The van der Waals surface area contributed by atoms with Crippen molar-refractivity contribution in [3.8, 4) is 11.5 Å². The normalized spacial score (nSPS) is 13.0. The number of nitro benzene ring substituents is 1. The molecular weight excluding hydrogens is 356 g/mol. The summed E-state index contributed by atoms with van der Waals surface area (Å²) in [7, 11) is 0. The highest BCUT2D eigenvalue weighted by Crippen LogP contribution is 2.34. The highest BCUT2D eigenvalue weighted by atomic mass is 32.2. The molecule has 0 saturated carbocycles. The van der Waals surface area contributed by atoms with Crippen LogP contribution in [0.15, 0.2) is 41.3 Å². The Bertz CT molecular complexity index is 840. The van der Waals surface area contributed by atoms with Crippen molar-refractivity contribution >= 4 is 29.0 Å². The largest absolute Gasteiger partial charge is 0.490 e. The number of non-ortho nitro benzene ring substituents is 1. The van der Waals surface area contributed by atoms with E-state index in [0.717, 1.165) is 16.9 Å². The number of ether oxygens (including phenoxy) is 2. The Hall–Kier alpha value is -2.74. The molecule has 0 bridgehead atoms. The monoisotopic (exact) mass is 374 g/mol. The number of carbonyl (C=O) groups excluding carboxylic acids is 1. The van der Waals surface area contributed by atoms with Gasteiger partial charge in [0.1, 0.15) is 0 Å². The third-order valence-electron chi connectivity index (χ3n) is 3.79. The second-order valence-corrected chi connectivity index (χ2v) is 6.80. The van der Waals surface area contributed by atoms with Crippen molar-refractivity contribution in [2.24, 2.45) is 0 Å². The minimum absolute atomic E-state index is 0.0542. The van der Waals surface area contributed by atoms with Gasteiger partial charge in [-0.25, -0.2) is 0 Å². The lowest BCUT2D eigenvalue weighted by molar-refractivity contribution is -0.384. The van der Waals surface area contributed by atoms with Gasteiger partial charge in [0.2, 0.25) is 5.91 Å². The Kier molecular flexibility index (Phi) is 5.62. The topological polar surface area (TPSA) is 90.7 Å². The van der Waals surface area contributed by atoms with Crippen LogP contribution in [0.4, 0.5) is 11.4 Å². The molecule has 2 aromatic carbocycles. The summed E-state index contributed by atoms with van der Waals surface area (Å²) in [4.78, 5) is 23.5. The number of anilines is 1. The maximum Gasteiger partial charge on any atom is 0.271 e. The predicted octanol–water partition coefficient (Wildman–Crippen LogP) is 3.80. The summed E-state index contributed by atoms with van der Waals surface area (Å²) < 4.78 is 11.2. The average molecular weight is 374 g/mol. The number of nitrogens with one attached hydrogen (secondary N) is 1. The molecule has 0 unspecified atom stereocenters. The molecule has 26 heavy (non-hydrogen) atoms. The number of thioether (sulfide) groups is 1. The van der Waals surface area contributed by atoms with Gasteiger partial charge in [-0.3, -0.25) is 14.9 Å². The number of nitrogens with zero attached hydrogens (tertiary/aromatic N) is 1. The summed E-state index contributed by atoms with van der Waals surface area (Å²) in [6.45, 7) is 3.02. The Morgan fingerprint density at radius 3 is 2.73 bits per heavy atom. The SMILES string of the molecule is Cc1ccc([N+](=O)[O-])cc1NC(=O)CSc1ccc2c(c1)OCCCO2. The molecule has 0 spiro atoms. The summed E-state index contributed by atoms with van der Waals surface area (Å²) in [5.74, 6) is 1.35. The lowest BCUT2D eigenvalue weighted by atomic mass is 10.2. The summed E-state index contributed by atoms with van der Waals surface area (Å²) >= 11 is 1.36. The molecule has 1 aliphatic heterocycles. The van der Waals surface area contributed by atoms with Crippen LogP contribution < -0.4 is 14.8 Å². The van der Waals surface area contributed by atoms with Crippen molar-refractivity contribution in [1.29, 1.82) is 0 Å². The molecule has 0 fully saturated rings. The number of benzene rings is 2. The predicted molar refractivity (Wildman–Crippen MR) is 99.2 cm³/mol. The van der Waals surface area contributed by atoms with E-state index in [4.69, 9.17) is 9.47 Å². The van der Waals surface area contributed by atoms with Gasteiger partial charge in [0, 0.05) is 23.4 Å². The molecule has 1 aliphatic rings. The molecule has 0 radical (unpaired) electrons. The third kappa shape index (κ3) is 4.45. The average Bonchev–Trinajstić information content (AvgIpc) is 2.86. The molecule has 1 N–H and O–H groups in total. The number of amides is 1. The highest BCUT2D eigenvalue weighted by Gasteiger charge is 2.13. The number of fused-ring (bicyclic) bond motifs is 1. The molecule has 136 valence electrons. The summed E-state index contributed by atoms with van der Waals surface area (Å²) in [5, 5.41) is 13.6. The van der Waals surface area contributed by atoms with Crippen molar-refractivity contribution in [3.05, 3.63) is 52.1 Å². The van der Waals surface area contributed by atoms with E-state index in [9.17, 15) is 14.9 Å². The van der Waals surface area contributed by atoms with E-state index in [2.05, 4.69) is 5.32 Å². The molecule has 2 aromatic rings. The smallest absolute Gasteiger partial charge is 0.271 e. The first-order valence-electron chi connectivity index (χ1n) is 8.10. The molecule has 3 rings (SSSR count). The van der Waals surface area contributed by atoms with Crippen LogP contribution in [0.5, 0.6) is 11.5 Å². The second kappa shape index (κ2) is 8.09. The zero-order chi connectivity index (χ0) is 18.5. The lowest BCUT2D eigenvalue weighted by Crippen LogP contribution is -2.15. The second-order valence-electron chi connectivity index (χ2n) is 5.75. The van der Waals surface area contributed by atoms with Crippen LogP contribution in [-0.4, -0.2) is 29.8 Å². The van der Waals surface area contributed by atoms with E-state index in [1.54, 1.807) is 13.0 Å². The van der Waals surface area contributed by atoms with Crippen LogP contribution in [0.25, 0.3) is 0 Å². The summed E-state index contributed by atoms with van der Waals surface area (Å²) in [6.07, 6.45) is 0.835. The van der Waals surface area contributed by atoms with Crippen molar-refractivity contribution in [2.45, 2.75) is 18.2 Å². The van der Waals surface area contributed by atoms with E-state index >= 15 is 0 Å². The van der Waals surface area contributed by atoms with Crippen molar-refractivity contribution in [1.82, 2.24) is 0 Å². The number of hydrogen-bond acceptors (Lipinski definition) is 6. The van der Waals surface area contributed by atoms with E-state index in [-0.39, 0.29) is 17.3 Å². The zero-order valence-corrected chi connectivity index (χ0v) is 15.0. The number of aryl methyl sites for hydroxylation is 1. The van der Waals surface area contributed by atoms with E-state index in [1.807, 2.05) is 18.2 Å². The van der Waals surface area contributed by atoms with Gasteiger partial charge in [-0.05, 0) is 30.7 Å². The fraction of sp³-hybridized carbons (Fsp3) is 0.278. The van der Waals surface area contributed by atoms with Crippen molar-refractivity contribution < 1.29 is 19.2 Å². The molecule has 8 heteroatoms. The van der Waals surface area contributed by atoms with Gasteiger partial charge in [0.25, 0.3) is 5.69 Å². The van der Waals surface area contributed by atoms with Crippen LogP contribution >= 0.6 is 11.8 Å². The van der Waals surface area contributed by atoms with Gasteiger partial charge in [0.05, 0.1) is 29.6 Å². The quantitative estimate of drug-likeness (QED) is 0.486. The molecule has 1 heterocycles. The Morgan fingerprint density at radius 2 is 1.96 bits per heavy atom. The first-order chi connectivity index (χ1) is 12.5. The fourth-order valence-electron chi connectivity index (χ4n) is 2.43. The van der Waals surface area contributed by atoms with Gasteiger partial charge >= 0.3 is 0 Å². The Morgan fingerprint density at radius 1 is 1.19 bits per heavy atom. The molecule has 7 nitrogen and oxygen atoms in total. The highest BCUT2D eigenvalue weighted by molar-refractivity contribution is 8.00. The first kappa shape index (κ1) is 18.1. The minimum Gasteiger partial charge on any atom is -0.490 e. The van der Waals surface area contributed by atoms with Crippen LogP contribution in [-0.2, 0) is 4.79 Å². The summed E-state index contributed by atoms with van der Waals surface area (Å²) in [5.41, 5.74) is 1.16. The van der Waals surface area contributed by atoms with Crippen LogP contribution in [0.1, 0.15) is 12.0 Å². The number of carbonyl (C=O) groups is 1. The number of hydrogen-bond donors (Lipinski definition) is 1. The van der Waals surface area contributed by atoms with Crippen LogP contribution in [0.2, 0.25) is 0 Å². The minimum atomic E-state index is -0.485. The first-order valence-corrected chi connectivity index (χ1v) is 9.09. The fourth-order valence-corrected chi connectivity index (χ4v) is 3.15. The molecular formula is C18H18N2O5S. The summed E-state index contributed by atoms with van der Waals surface area (Å²) in [6, 6.07) is 9.97. The van der Waals surface area contributed by atoms with Gasteiger partial charge in [-0.2, -0.15) is 0 Å². The van der Waals surface area contributed by atoms with Gasteiger partial charge in [-0.15, -0.1) is 11.8 Å². The van der Waals surface area contributed by atoms with E-state index in [0.29, 0.717) is 30.4 Å². The van der Waals surface area contributed by atoms with E-state index < -0.39 is 4.92 Å². The molecule has 0 saturated heterocycles. The van der Waals surface area contributed by atoms with Gasteiger partial charge in [-0.1, -0.05) is 6.07 Å². The molecule has 0 aliphatic carbocycles. The third-order valence-corrected chi connectivity index (χ3v) is 4.79. The zero-order valence-electron chi connectivity index (χ0n) is 14.2. The van der Waals surface area contributed by atoms with Crippen molar-refractivity contribution in [2.75, 3.05) is 24.3 Å². The maximum atomic E-state index is 12.2. The molecule has 0 atom stereocenters. The Balaban J connectivity index is 1.62. The van der Waals surface area contributed by atoms with Crippen LogP contribution in [0, 0.1) is 17.0 Å². The molecule has 1 amide bonds. The van der Waals surface area contributed by atoms with E-state index in [1.165, 1.54) is 23.9 Å². The lowest BCUT2D eigenvalue weighted by Gasteiger charge is -2.10. The van der Waals surface area contributed by atoms with Crippen molar-refractivity contribution in [3.63, 3.8) is 0 Å². The van der Waals surface area contributed by atoms with Gasteiger partial charge < -0.3 is 14.8 Å². The molecule has 0 aromatic heterocycles. The standard InChI is InChI=1S/C18H18N2O5S/c1-12-3-4-13(20(22)23)9-15(12)19-18(21)11-26-14-5-6-16-17(10-14)25-8-2-7-24-16/h3-6,9-10H,2,7-8,11H2,1H3,(H,19,21). The number of rotatable bonds is 5. The van der Waals surface area contributed by atoms with Crippen LogP contribution in [0.3, 0.4) is 0 Å². The van der Waals surface area contributed by atoms with Gasteiger partial charge in [0.15, 0.2) is 11.5 Å². The number of nitro groups is 1.